The summed E-state index contributed by atoms with van der Waals surface area (Å²) in [5, 5.41) is 4.21. The molecule has 2 aliphatic heterocycles. The molecule has 6 nitrogen and oxygen atoms in total. The largest absolute Gasteiger partial charge is 0.445 e. The zero-order chi connectivity index (χ0) is 15.9. The molecule has 2 fully saturated rings. The van der Waals surface area contributed by atoms with Gasteiger partial charge >= 0.3 is 6.09 Å². The van der Waals surface area contributed by atoms with Gasteiger partial charge in [0.15, 0.2) is 0 Å². The van der Waals surface area contributed by atoms with Gasteiger partial charge in [0.1, 0.15) is 18.3 Å². The van der Waals surface area contributed by atoms with Crippen LogP contribution < -0.4 is 0 Å². The highest BCUT2D eigenvalue weighted by molar-refractivity contribution is 5.68. The number of likely N-dealkylation sites (tertiary alicyclic amines) is 1. The molecule has 3 heterocycles. The van der Waals surface area contributed by atoms with Crippen molar-refractivity contribution in [1.82, 2.24) is 14.7 Å². The third-order valence-electron chi connectivity index (χ3n) is 4.67. The van der Waals surface area contributed by atoms with E-state index < -0.39 is 0 Å². The standard InChI is InChI=1S/C17H19N3O3/c1-19-14(7-9-18-19)17-8-10-20(11-15(17)23-17)16(21)22-12-13-5-3-2-4-6-13/h2-7,9,15H,8,10-12H2,1H3/t15-,17+/m1/s1. The van der Waals surface area contributed by atoms with Crippen LogP contribution in [0.4, 0.5) is 4.79 Å². The molecule has 2 aromatic rings. The zero-order valence-corrected chi connectivity index (χ0v) is 13.0. The Morgan fingerprint density at radius 1 is 1.39 bits per heavy atom. The summed E-state index contributed by atoms with van der Waals surface area (Å²) in [4.78, 5) is 14.0. The second kappa shape index (κ2) is 5.38. The molecule has 1 aromatic heterocycles. The van der Waals surface area contributed by atoms with Crippen LogP contribution in [0.3, 0.4) is 0 Å². The van der Waals surface area contributed by atoms with E-state index >= 15 is 0 Å². The average Bonchev–Trinajstić information content (AvgIpc) is 3.16. The highest BCUT2D eigenvalue weighted by Crippen LogP contribution is 2.51. The monoisotopic (exact) mass is 313 g/mol. The minimum atomic E-state index is -0.275. The molecule has 6 heteroatoms. The number of nitrogens with zero attached hydrogens (tertiary/aromatic N) is 3. The number of piperidine rings is 1. The molecule has 0 radical (unpaired) electrons. The molecule has 0 N–H and O–H groups in total. The summed E-state index contributed by atoms with van der Waals surface area (Å²) in [6.45, 7) is 1.50. The lowest BCUT2D eigenvalue weighted by Crippen LogP contribution is -2.42. The Labute approximate surface area is 134 Å². The molecule has 0 saturated carbocycles. The molecule has 1 amide bonds. The van der Waals surface area contributed by atoms with Crippen LogP contribution in [0.5, 0.6) is 0 Å². The molecule has 120 valence electrons. The second-order valence-corrected chi connectivity index (χ2v) is 6.07. The second-order valence-electron chi connectivity index (χ2n) is 6.07. The third kappa shape index (κ3) is 2.49. The van der Waals surface area contributed by atoms with Crippen molar-refractivity contribution >= 4 is 6.09 Å². The minimum absolute atomic E-state index is 0.0379. The normalized spacial score (nSPS) is 25.8. The molecular formula is C17H19N3O3. The van der Waals surface area contributed by atoms with E-state index in [1.165, 1.54) is 0 Å². The maximum absolute atomic E-state index is 12.2. The number of fused-ring (bicyclic) bond motifs is 1. The summed E-state index contributed by atoms with van der Waals surface area (Å²) in [6, 6.07) is 11.7. The van der Waals surface area contributed by atoms with Crippen LogP contribution in [0.2, 0.25) is 0 Å². The summed E-state index contributed by atoms with van der Waals surface area (Å²) in [5.74, 6) is 0. The maximum atomic E-state index is 12.2. The first-order valence-corrected chi connectivity index (χ1v) is 7.81. The highest BCUT2D eigenvalue weighted by atomic mass is 16.6. The number of hydrogen-bond donors (Lipinski definition) is 0. The van der Waals surface area contributed by atoms with Crippen LogP contribution in [-0.4, -0.2) is 40.0 Å². The van der Waals surface area contributed by atoms with E-state index in [1.807, 2.05) is 48.1 Å². The Hall–Kier alpha value is -2.34. The summed E-state index contributed by atoms with van der Waals surface area (Å²) < 4.78 is 13.2. The molecule has 0 unspecified atom stereocenters. The van der Waals surface area contributed by atoms with Crippen LogP contribution in [0.15, 0.2) is 42.6 Å². The van der Waals surface area contributed by atoms with Crippen molar-refractivity contribution in [2.75, 3.05) is 13.1 Å². The van der Waals surface area contributed by atoms with Crippen molar-refractivity contribution < 1.29 is 14.3 Å². The van der Waals surface area contributed by atoms with Crippen molar-refractivity contribution in [1.29, 1.82) is 0 Å². The molecule has 1 aromatic carbocycles. The molecule has 0 bridgehead atoms. The molecule has 4 rings (SSSR count). The fourth-order valence-corrected chi connectivity index (χ4v) is 3.34. The van der Waals surface area contributed by atoms with Crippen LogP contribution in [0.25, 0.3) is 0 Å². The van der Waals surface area contributed by atoms with Crippen LogP contribution in [0.1, 0.15) is 17.7 Å². The first-order valence-electron chi connectivity index (χ1n) is 7.81. The van der Waals surface area contributed by atoms with Gasteiger partial charge < -0.3 is 14.4 Å². The predicted octanol–water partition coefficient (Wildman–Crippen LogP) is 2.06. The molecular weight excluding hydrogens is 294 g/mol. The van der Waals surface area contributed by atoms with E-state index in [0.29, 0.717) is 19.7 Å². The number of epoxide rings is 1. The van der Waals surface area contributed by atoms with E-state index in [1.54, 1.807) is 11.1 Å². The van der Waals surface area contributed by atoms with Gasteiger partial charge in [0.25, 0.3) is 0 Å². The summed E-state index contributed by atoms with van der Waals surface area (Å²) in [5.41, 5.74) is 1.81. The Morgan fingerprint density at radius 3 is 2.91 bits per heavy atom. The lowest BCUT2D eigenvalue weighted by molar-refractivity contribution is 0.0893. The Kier molecular flexibility index (Phi) is 3.34. The molecule has 0 spiro atoms. The van der Waals surface area contributed by atoms with E-state index in [0.717, 1.165) is 17.7 Å². The smallest absolute Gasteiger partial charge is 0.410 e. The van der Waals surface area contributed by atoms with Gasteiger partial charge in [-0.05, 0) is 11.6 Å². The number of aromatic nitrogens is 2. The van der Waals surface area contributed by atoms with E-state index in [-0.39, 0.29) is 17.8 Å². The fourth-order valence-electron chi connectivity index (χ4n) is 3.34. The van der Waals surface area contributed by atoms with Crippen LogP contribution >= 0.6 is 0 Å². The van der Waals surface area contributed by atoms with Crippen molar-refractivity contribution in [3.05, 3.63) is 53.9 Å². The average molecular weight is 313 g/mol. The van der Waals surface area contributed by atoms with Gasteiger partial charge in [-0.1, -0.05) is 30.3 Å². The lowest BCUT2D eigenvalue weighted by atomic mass is 9.93. The van der Waals surface area contributed by atoms with E-state index in [2.05, 4.69) is 5.10 Å². The SMILES string of the molecule is Cn1nccc1[C@@]12CCN(C(=O)OCc3ccccc3)C[C@H]1O2. The number of aryl methyl sites for hydroxylation is 1. The highest BCUT2D eigenvalue weighted by Gasteiger charge is 2.62. The van der Waals surface area contributed by atoms with Crippen molar-refractivity contribution in [2.45, 2.75) is 24.7 Å². The minimum Gasteiger partial charge on any atom is -0.445 e. The van der Waals surface area contributed by atoms with Gasteiger partial charge in [-0.3, -0.25) is 4.68 Å². The van der Waals surface area contributed by atoms with Gasteiger partial charge in [-0.2, -0.15) is 5.10 Å². The van der Waals surface area contributed by atoms with Gasteiger partial charge in [-0.25, -0.2) is 4.79 Å². The summed E-state index contributed by atoms with van der Waals surface area (Å²) in [7, 11) is 1.92. The zero-order valence-electron chi connectivity index (χ0n) is 13.0. The third-order valence-corrected chi connectivity index (χ3v) is 4.67. The molecule has 2 saturated heterocycles. The summed E-state index contributed by atoms with van der Waals surface area (Å²) in [6.07, 6.45) is 2.32. The Bertz CT molecular complexity index is 715. The number of hydrogen-bond acceptors (Lipinski definition) is 4. The van der Waals surface area contributed by atoms with Crippen molar-refractivity contribution in [3.8, 4) is 0 Å². The predicted molar refractivity (Wildman–Crippen MR) is 82.6 cm³/mol. The lowest BCUT2D eigenvalue weighted by Gasteiger charge is -2.27. The van der Waals surface area contributed by atoms with E-state index in [4.69, 9.17) is 9.47 Å². The fraction of sp³-hybridized carbons (Fsp3) is 0.412. The topological polar surface area (TPSA) is 59.9 Å². The number of ether oxygens (including phenoxy) is 2. The number of benzene rings is 1. The molecule has 2 atom stereocenters. The van der Waals surface area contributed by atoms with Gasteiger partial charge in [0.2, 0.25) is 0 Å². The quantitative estimate of drug-likeness (QED) is 0.814. The molecule has 23 heavy (non-hydrogen) atoms. The van der Waals surface area contributed by atoms with Gasteiger partial charge in [0, 0.05) is 26.2 Å². The number of carbonyl (C=O) groups excluding carboxylic acids is 1. The number of carbonyl (C=O) groups is 1. The number of amides is 1. The number of rotatable bonds is 3. The first kappa shape index (κ1) is 14.3. The van der Waals surface area contributed by atoms with Crippen LogP contribution in [-0.2, 0) is 28.7 Å². The van der Waals surface area contributed by atoms with Gasteiger partial charge in [0.05, 0.1) is 12.2 Å². The van der Waals surface area contributed by atoms with Crippen molar-refractivity contribution in [3.63, 3.8) is 0 Å². The van der Waals surface area contributed by atoms with E-state index in [9.17, 15) is 4.79 Å². The Balaban J connectivity index is 1.35. The van der Waals surface area contributed by atoms with Crippen molar-refractivity contribution in [2.24, 2.45) is 7.05 Å². The molecule has 0 aliphatic carbocycles. The summed E-state index contributed by atoms with van der Waals surface area (Å²) >= 11 is 0. The van der Waals surface area contributed by atoms with Gasteiger partial charge in [-0.15, -0.1) is 0 Å². The molecule has 2 aliphatic rings. The maximum Gasteiger partial charge on any atom is 0.410 e. The first-order chi connectivity index (χ1) is 11.2. The van der Waals surface area contributed by atoms with Crippen LogP contribution in [0, 0.1) is 0 Å². The Morgan fingerprint density at radius 2 is 2.22 bits per heavy atom.